The molecule has 7 nitrogen and oxygen atoms in total. The fourth-order valence-electron chi connectivity index (χ4n) is 1.36. The zero-order valence-electron chi connectivity index (χ0n) is 10.0. The lowest BCUT2D eigenvalue weighted by atomic mass is 10.3. The first-order chi connectivity index (χ1) is 9.51. The minimum absolute atomic E-state index is 0.0177. The van der Waals surface area contributed by atoms with Crippen molar-refractivity contribution in [2.45, 2.75) is 0 Å². The molecule has 0 saturated carbocycles. The molecule has 2 rings (SSSR count). The lowest BCUT2D eigenvalue weighted by molar-refractivity contribution is -0.384. The number of nitro benzene ring substituents is 1. The lowest BCUT2D eigenvalue weighted by Gasteiger charge is -2.10. The Bertz CT molecular complexity index is 668. The Morgan fingerprint density at radius 3 is 2.80 bits per heavy atom. The zero-order chi connectivity index (χ0) is 14.7. The lowest BCUT2D eigenvalue weighted by Crippen LogP contribution is -1.96. The number of nitrogens with zero attached hydrogens (tertiary/aromatic N) is 3. The van der Waals surface area contributed by atoms with Gasteiger partial charge in [-0.25, -0.2) is 4.98 Å². The molecule has 0 saturated heterocycles. The summed E-state index contributed by atoms with van der Waals surface area (Å²) in [5.41, 5.74) is -0.103. The molecule has 1 heterocycles. The first-order valence-electron chi connectivity index (χ1n) is 5.19. The molecule has 0 amide bonds. The molecular formula is C11H7BrClN3O4. The van der Waals surface area contributed by atoms with Crippen LogP contribution in [-0.4, -0.2) is 22.0 Å². The van der Waals surface area contributed by atoms with E-state index in [0.717, 1.165) is 0 Å². The van der Waals surface area contributed by atoms with Crippen molar-refractivity contribution < 1.29 is 14.4 Å². The molecule has 0 aliphatic rings. The Morgan fingerprint density at radius 2 is 2.15 bits per heavy atom. The van der Waals surface area contributed by atoms with Crippen LogP contribution in [0.15, 0.2) is 28.9 Å². The SMILES string of the molecule is COc1cc([N+](=O)[O-])ccc1Oc1nc(Cl)ncc1Br. The highest BCUT2D eigenvalue weighted by Gasteiger charge is 2.15. The van der Waals surface area contributed by atoms with Crippen LogP contribution in [0.25, 0.3) is 0 Å². The maximum absolute atomic E-state index is 10.7. The number of halogens is 2. The second-order valence-corrected chi connectivity index (χ2v) is 4.68. The van der Waals surface area contributed by atoms with Crippen molar-refractivity contribution in [2.24, 2.45) is 0 Å². The second-order valence-electron chi connectivity index (χ2n) is 3.49. The van der Waals surface area contributed by atoms with Crippen LogP contribution in [0.3, 0.4) is 0 Å². The average molecular weight is 361 g/mol. The minimum Gasteiger partial charge on any atom is -0.493 e. The molecule has 0 spiro atoms. The summed E-state index contributed by atoms with van der Waals surface area (Å²) < 4.78 is 11.1. The summed E-state index contributed by atoms with van der Waals surface area (Å²) in [6, 6.07) is 3.97. The highest BCUT2D eigenvalue weighted by atomic mass is 79.9. The van der Waals surface area contributed by atoms with Crippen LogP contribution in [0.2, 0.25) is 5.28 Å². The summed E-state index contributed by atoms with van der Waals surface area (Å²) in [5, 5.41) is 10.7. The van der Waals surface area contributed by atoms with Gasteiger partial charge in [0.25, 0.3) is 5.69 Å². The Morgan fingerprint density at radius 1 is 1.40 bits per heavy atom. The number of nitro groups is 1. The van der Waals surface area contributed by atoms with E-state index in [0.29, 0.717) is 4.47 Å². The third-order valence-corrected chi connectivity index (χ3v) is 2.97. The van der Waals surface area contributed by atoms with Crippen LogP contribution in [0.5, 0.6) is 17.4 Å². The van der Waals surface area contributed by atoms with Crippen molar-refractivity contribution in [1.29, 1.82) is 0 Å². The van der Waals surface area contributed by atoms with E-state index >= 15 is 0 Å². The topological polar surface area (TPSA) is 87.4 Å². The van der Waals surface area contributed by atoms with Crippen molar-refractivity contribution in [3.05, 3.63) is 44.3 Å². The predicted molar refractivity (Wildman–Crippen MR) is 74.5 cm³/mol. The fourth-order valence-corrected chi connectivity index (χ4v) is 1.76. The van der Waals surface area contributed by atoms with E-state index in [4.69, 9.17) is 21.1 Å². The van der Waals surface area contributed by atoms with Crippen molar-refractivity contribution in [1.82, 2.24) is 9.97 Å². The number of hydrogen-bond donors (Lipinski definition) is 0. The molecule has 0 aliphatic heterocycles. The van der Waals surface area contributed by atoms with Crippen LogP contribution in [0, 0.1) is 10.1 Å². The second kappa shape index (κ2) is 6.02. The van der Waals surface area contributed by atoms with Crippen molar-refractivity contribution in [3.63, 3.8) is 0 Å². The van der Waals surface area contributed by atoms with Gasteiger partial charge in [0.05, 0.1) is 22.6 Å². The largest absolute Gasteiger partial charge is 0.493 e. The molecular weight excluding hydrogens is 353 g/mol. The summed E-state index contributed by atoms with van der Waals surface area (Å²) in [4.78, 5) is 17.8. The molecule has 0 fully saturated rings. The van der Waals surface area contributed by atoms with Gasteiger partial charge in [0.1, 0.15) is 0 Å². The zero-order valence-corrected chi connectivity index (χ0v) is 12.4. The Labute approximate surface area is 126 Å². The quantitative estimate of drug-likeness (QED) is 0.470. The molecule has 0 atom stereocenters. The molecule has 0 N–H and O–H groups in total. The minimum atomic E-state index is -0.524. The number of aromatic nitrogens is 2. The maximum Gasteiger partial charge on any atom is 0.273 e. The van der Waals surface area contributed by atoms with Crippen molar-refractivity contribution in [2.75, 3.05) is 7.11 Å². The Hall–Kier alpha value is -1.93. The van der Waals surface area contributed by atoms with Crippen molar-refractivity contribution in [3.8, 4) is 17.4 Å². The molecule has 20 heavy (non-hydrogen) atoms. The van der Waals surface area contributed by atoms with Crippen LogP contribution < -0.4 is 9.47 Å². The molecule has 1 aromatic heterocycles. The van der Waals surface area contributed by atoms with Gasteiger partial charge in [0, 0.05) is 12.3 Å². The smallest absolute Gasteiger partial charge is 0.273 e. The third-order valence-electron chi connectivity index (χ3n) is 2.25. The first-order valence-corrected chi connectivity index (χ1v) is 6.36. The molecule has 0 unspecified atom stereocenters. The Balaban J connectivity index is 2.38. The van der Waals surface area contributed by atoms with Gasteiger partial charge in [-0.1, -0.05) is 0 Å². The molecule has 9 heteroatoms. The number of hydrogen-bond acceptors (Lipinski definition) is 6. The van der Waals surface area contributed by atoms with Gasteiger partial charge in [-0.3, -0.25) is 10.1 Å². The molecule has 2 aromatic rings. The number of methoxy groups -OCH3 is 1. The summed E-state index contributed by atoms with van der Waals surface area (Å²) in [7, 11) is 1.38. The normalized spacial score (nSPS) is 10.2. The highest BCUT2D eigenvalue weighted by molar-refractivity contribution is 9.10. The monoisotopic (exact) mass is 359 g/mol. The maximum atomic E-state index is 10.7. The van der Waals surface area contributed by atoms with Crippen molar-refractivity contribution >= 4 is 33.2 Å². The van der Waals surface area contributed by atoms with Gasteiger partial charge in [-0.05, 0) is 33.6 Å². The van der Waals surface area contributed by atoms with E-state index in [1.165, 1.54) is 31.5 Å². The Kier molecular flexibility index (Phi) is 4.35. The van der Waals surface area contributed by atoms with E-state index in [9.17, 15) is 10.1 Å². The molecule has 104 valence electrons. The summed E-state index contributed by atoms with van der Waals surface area (Å²) >= 11 is 8.89. The molecule has 0 radical (unpaired) electrons. The third kappa shape index (κ3) is 3.14. The molecule has 0 aliphatic carbocycles. The summed E-state index contributed by atoms with van der Waals surface area (Å²) in [6.45, 7) is 0. The van der Waals surface area contributed by atoms with Gasteiger partial charge in [-0.15, -0.1) is 0 Å². The van der Waals surface area contributed by atoms with E-state index in [2.05, 4.69) is 25.9 Å². The predicted octanol–water partition coefficient (Wildman–Crippen LogP) is 3.60. The van der Waals surface area contributed by atoms with Gasteiger partial charge in [0.15, 0.2) is 11.5 Å². The van der Waals surface area contributed by atoms with E-state index in [1.807, 2.05) is 0 Å². The molecule has 1 aromatic carbocycles. The van der Waals surface area contributed by atoms with E-state index < -0.39 is 4.92 Å². The van der Waals surface area contributed by atoms with Crippen LogP contribution in [0.1, 0.15) is 0 Å². The average Bonchev–Trinajstić information content (AvgIpc) is 2.43. The number of rotatable bonds is 4. The van der Waals surface area contributed by atoms with Gasteiger partial charge in [-0.2, -0.15) is 4.98 Å². The van der Waals surface area contributed by atoms with Gasteiger partial charge < -0.3 is 9.47 Å². The first kappa shape index (κ1) is 14.5. The van der Waals surface area contributed by atoms with Gasteiger partial charge >= 0.3 is 0 Å². The standard InChI is InChI=1S/C11H7BrClN3O4/c1-19-9-4-6(16(17)18)2-3-8(9)20-10-7(12)5-14-11(13)15-10/h2-5H,1H3. The van der Waals surface area contributed by atoms with E-state index in [1.54, 1.807) is 0 Å². The summed E-state index contributed by atoms with van der Waals surface area (Å²) in [6.07, 6.45) is 1.43. The number of non-ortho nitro benzene ring substituents is 1. The van der Waals surface area contributed by atoms with Crippen LogP contribution >= 0.6 is 27.5 Å². The van der Waals surface area contributed by atoms with Gasteiger partial charge in [0.2, 0.25) is 11.2 Å². The van der Waals surface area contributed by atoms with E-state index in [-0.39, 0.29) is 28.3 Å². The molecule has 0 bridgehead atoms. The highest BCUT2D eigenvalue weighted by Crippen LogP contribution is 2.36. The fraction of sp³-hybridized carbons (Fsp3) is 0.0909. The number of ether oxygens (including phenoxy) is 2. The number of benzene rings is 1. The van der Waals surface area contributed by atoms with Crippen LogP contribution in [0.4, 0.5) is 5.69 Å². The summed E-state index contributed by atoms with van der Waals surface area (Å²) in [5.74, 6) is 0.659. The van der Waals surface area contributed by atoms with Crippen LogP contribution in [-0.2, 0) is 0 Å².